The predicted molar refractivity (Wildman–Crippen MR) is 81.3 cm³/mol. The molecule has 18 heavy (non-hydrogen) atoms. The van der Waals surface area contributed by atoms with E-state index in [1.165, 1.54) is 28.9 Å². The van der Waals surface area contributed by atoms with E-state index in [9.17, 15) is 0 Å². The van der Waals surface area contributed by atoms with E-state index in [2.05, 4.69) is 61.5 Å². The lowest BCUT2D eigenvalue weighted by molar-refractivity contribution is 0.920. The SMILES string of the molecule is CCCc1ccc(CCSc2ccccc2)cc1. The summed E-state index contributed by atoms with van der Waals surface area (Å²) < 4.78 is 0. The Kier molecular flexibility index (Phi) is 5.35. The lowest BCUT2D eigenvalue weighted by Gasteiger charge is -2.04. The van der Waals surface area contributed by atoms with E-state index >= 15 is 0 Å². The minimum absolute atomic E-state index is 1.14. The van der Waals surface area contributed by atoms with Crippen molar-refractivity contribution in [1.29, 1.82) is 0 Å². The predicted octanol–water partition coefficient (Wildman–Crippen LogP) is 4.97. The van der Waals surface area contributed by atoms with Crippen molar-refractivity contribution >= 4 is 11.8 Å². The molecule has 0 unspecified atom stereocenters. The summed E-state index contributed by atoms with van der Waals surface area (Å²) in [4.78, 5) is 1.36. The van der Waals surface area contributed by atoms with E-state index < -0.39 is 0 Å². The smallest absolute Gasteiger partial charge is 0.00720 e. The van der Waals surface area contributed by atoms with Gasteiger partial charge in [-0.3, -0.25) is 0 Å². The fourth-order valence-corrected chi connectivity index (χ4v) is 2.89. The fraction of sp³-hybridized carbons (Fsp3) is 0.294. The molecule has 0 atom stereocenters. The molecule has 94 valence electrons. The maximum absolute atomic E-state index is 2.27. The van der Waals surface area contributed by atoms with Gasteiger partial charge in [0.1, 0.15) is 0 Å². The van der Waals surface area contributed by atoms with E-state index in [0.29, 0.717) is 0 Å². The Labute approximate surface area is 114 Å². The molecular weight excluding hydrogens is 236 g/mol. The van der Waals surface area contributed by atoms with Crippen molar-refractivity contribution in [2.24, 2.45) is 0 Å². The number of thioether (sulfide) groups is 1. The van der Waals surface area contributed by atoms with E-state index in [0.717, 1.165) is 12.2 Å². The van der Waals surface area contributed by atoms with Crippen LogP contribution in [0.3, 0.4) is 0 Å². The van der Waals surface area contributed by atoms with Crippen molar-refractivity contribution in [3.8, 4) is 0 Å². The van der Waals surface area contributed by atoms with E-state index in [-0.39, 0.29) is 0 Å². The summed E-state index contributed by atoms with van der Waals surface area (Å²) in [6, 6.07) is 19.7. The topological polar surface area (TPSA) is 0 Å². The van der Waals surface area contributed by atoms with Crippen LogP contribution in [-0.4, -0.2) is 5.75 Å². The molecule has 2 rings (SSSR count). The van der Waals surface area contributed by atoms with Crippen LogP contribution in [-0.2, 0) is 12.8 Å². The molecule has 2 aromatic rings. The molecule has 0 nitrogen and oxygen atoms in total. The molecule has 0 N–H and O–H groups in total. The third-order valence-electron chi connectivity index (χ3n) is 2.96. The van der Waals surface area contributed by atoms with Crippen molar-refractivity contribution in [1.82, 2.24) is 0 Å². The number of hydrogen-bond acceptors (Lipinski definition) is 1. The largest absolute Gasteiger partial charge is 0.126 e. The summed E-state index contributed by atoms with van der Waals surface area (Å²) in [6.45, 7) is 2.23. The highest BCUT2D eigenvalue weighted by molar-refractivity contribution is 7.99. The molecule has 0 aliphatic rings. The highest BCUT2D eigenvalue weighted by Gasteiger charge is 1.96. The number of aryl methyl sites for hydroxylation is 2. The molecule has 0 radical (unpaired) electrons. The zero-order valence-electron chi connectivity index (χ0n) is 10.9. The monoisotopic (exact) mass is 256 g/mol. The summed E-state index contributed by atoms with van der Waals surface area (Å²) in [5, 5.41) is 0. The van der Waals surface area contributed by atoms with E-state index in [1.54, 1.807) is 0 Å². The van der Waals surface area contributed by atoms with Gasteiger partial charge in [0.2, 0.25) is 0 Å². The van der Waals surface area contributed by atoms with E-state index in [4.69, 9.17) is 0 Å². The van der Waals surface area contributed by atoms with Gasteiger partial charge in [-0.1, -0.05) is 55.8 Å². The number of benzene rings is 2. The van der Waals surface area contributed by atoms with Crippen LogP contribution in [0.5, 0.6) is 0 Å². The second-order valence-corrected chi connectivity index (χ2v) is 5.65. The third kappa shape index (κ3) is 4.23. The van der Waals surface area contributed by atoms with Crippen LogP contribution in [0.4, 0.5) is 0 Å². The first-order valence-corrected chi connectivity index (χ1v) is 7.62. The van der Waals surface area contributed by atoms with Crippen LogP contribution < -0.4 is 0 Å². The molecule has 0 fully saturated rings. The van der Waals surface area contributed by atoms with Crippen molar-refractivity contribution in [3.05, 3.63) is 65.7 Å². The van der Waals surface area contributed by atoms with Crippen LogP contribution in [0.2, 0.25) is 0 Å². The average Bonchev–Trinajstić information content (AvgIpc) is 2.42. The van der Waals surface area contributed by atoms with Crippen LogP contribution in [0.15, 0.2) is 59.5 Å². The molecule has 0 saturated carbocycles. The lowest BCUT2D eigenvalue weighted by atomic mass is 10.1. The summed E-state index contributed by atoms with van der Waals surface area (Å²) in [7, 11) is 0. The van der Waals surface area contributed by atoms with Crippen LogP contribution in [0.1, 0.15) is 24.5 Å². The van der Waals surface area contributed by atoms with Gasteiger partial charge in [0.05, 0.1) is 0 Å². The molecule has 0 aromatic heterocycles. The standard InChI is InChI=1S/C17H20S/c1-2-6-15-9-11-16(12-10-15)13-14-18-17-7-4-3-5-8-17/h3-5,7-12H,2,6,13-14H2,1H3. The first kappa shape index (κ1) is 13.2. The van der Waals surface area contributed by atoms with Crippen LogP contribution in [0.25, 0.3) is 0 Å². The highest BCUT2D eigenvalue weighted by Crippen LogP contribution is 2.18. The Morgan fingerprint density at radius 3 is 2.00 bits per heavy atom. The van der Waals surface area contributed by atoms with Crippen LogP contribution >= 0.6 is 11.8 Å². The van der Waals surface area contributed by atoms with Gasteiger partial charge in [0.25, 0.3) is 0 Å². The molecule has 0 spiro atoms. The highest BCUT2D eigenvalue weighted by atomic mass is 32.2. The van der Waals surface area contributed by atoms with Gasteiger partial charge >= 0.3 is 0 Å². The van der Waals surface area contributed by atoms with Gasteiger partial charge in [-0.15, -0.1) is 11.8 Å². The Morgan fingerprint density at radius 2 is 1.39 bits per heavy atom. The molecule has 0 aliphatic carbocycles. The fourth-order valence-electron chi connectivity index (χ4n) is 1.96. The van der Waals surface area contributed by atoms with E-state index in [1.807, 2.05) is 11.8 Å². The van der Waals surface area contributed by atoms with Gasteiger partial charge < -0.3 is 0 Å². The maximum Gasteiger partial charge on any atom is 0.00720 e. The zero-order chi connectivity index (χ0) is 12.6. The second-order valence-electron chi connectivity index (χ2n) is 4.48. The molecule has 0 saturated heterocycles. The summed E-state index contributed by atoms with van der Waals surface area (Å²) in [5.74, 6) is 1.15. The van der Waals surface area contributed by atoms with Gasteiger partial charge in [0, 0.05) is 10.6 Å². The van der Waals surface area contributed by atoms with Crippen LogP contribution in [0, 0.1) is 0 Å². The lowest BCUT2D eigenvalue weighted by Crippen LogP contribution is -1.90. The average molecular weight is 256 g/mol. The van der Waals surface area contributed by atoms with Gasteiger partial charge in [-0.2, -0.15) is 0 Å². The van der Waals surface area contributed by atoms with Crippen molar-refractivity contribution in [2.45, 2.75) is 31.1 Å². The first-order chi connectivity index (χ1) is 8.88. The minimum atomic E-state index is 1.14. The normalized spacial score (nSPS) is 10.5. The molecule has 0 bridgehead atoms. The quantitative estimate of drug-likeness (QED) is 0.657. The molecule has 0 amide bonds. The second kappa shape index (κ2) is 7.27. The van der Waals surface area contributed by atoms with Gasteiger partial charge in [-0.05, 0) is 36.1 Å². The zero-order valence-corrected chi connectivity index (χ0v) is 11.7. The number of rotatable bonds is 6. The maximum atomic E-state index is 2.27. The molecule has 2 aromatic carbocycles. The summed E-state index contributed by atoms with van der Waals surface area (Å²) >= 11 is 1.93. The molecule has 0 aliphatic heterocycles. The third-order valence-corrected chi connectivity index (χ3v) is 3.98. The Morgan fingerprint density at radius 1 is 0.778 bits per heavy atom. The number of hydrogen-bond donors (Lipinski definition) is 0. The molecule has 0 heterocycles. The molecular formula is C17H20S. The van der Waals surface area contributed by atoms with Crippen molar-refractivity contribution in [2.75, 3.05) is 5.75 Å². The van der Waals surface area contributed by atoms with Gasteiger partial charge in [-0.25, -0.2) is 0 Å². The summed E-state index contributed by atoms with van der Waals surface area (Å²) in [5.41, 5.74) is 2.90. The minimum Gasteiger partial charge on any atom is -0.126 e. The van der Waals surface area contributed by atoms with Gasteiger partial charge in [0.15, 0.2) is 0 Å². The first-order valence-electron chi connectivity index (χ1n) is 6.64. The molecule has 1 heteroatoms. The van der Waals surface area contributed by atoms with Crippen molar-refractivity contribution < 1.29 is 0 Å². The Hall–Kier alpha value is -1.21. The summed E-state index contributed by atoms with van der Waals surface area (Å²) in [6.07, 6.45) is 3.56. The Bertz CT molecular complexity index is 445. The van der Waals surface area contributed by atoms with Crippen molar-refractivity contribution in [3.63, 3.8) is 0 Å². The Balaban J connectivity index is 1.80.